The van der Waals surface area contributed by atoms with Crippen molar-refractivity contribution in [1.82, 2.24) is 10.0 Å². The molecule has 0 saturated carbocycles. The zero-order valence-electron chi connectivity index (χ0n) is 13.5. The lowest BCUT2D eigenvalue weighted by molar-refractivity contribution is -0.123. The average molecular weight is 362 g/mol. The molecule has 130 valence electrons. The summed E-state index contributed by atoms with van der Waals surface area (Å²) in [5, 5.41) is 2.76. The van der Waals surface area contributed by atoms with Gasteiger partial charge < -0.3 is 5.32 Å². The number of benzene rings is 1. The lowest BCUT2D eigenvalue weighted by Gasteiger charge is -2.20. The van der Waals surface area contributed by atoms with Crippen molar-refractivity contribution < 1.29 is 17.6 Å². The van der Waals surface area contributed by atoms with Crippen LogP contribution in [-0.4, -0.2) is 38.4 Å². The quantitative estimate of drug-likeness (QED) is 0.706. The van der Waals surface area contributed by atoms with E-state index < -0.39 is 32.7 Å². The summed E-state index contributed by atoms with van der Waals surface area (Å²) in [6.45, 7) is 3.76. The molecule has 0 aliphatic heterocycles. The molecule has 0 aliphatic rings. The number of hydrogen-bond donors (Lipinski definition) is 2. The molecule has 0 unspecified atom stereocenters. The molecule has 2 N–H and O–H groups in total. The molecule has 0 saturated heterocycles. The Kier molecular flexibility index (Phi) is 8.01. The molecule has 1 rings (SSSR count). The third-order valence-corrected chi connectivity index (χ3v) is 5.50. The van der Waals surface area contributed by atoms with Crippen LogP contribution in [0.1, 0.15) is 26.7 Å². The monoisotopic (exact) mass is 362 g/mol. The number of halogens is 1. The Bertz CT molecular complexity index is 623. The van der Waals surface area contributed by atoms with E-state index in [1.165, 1.54) is 30.0 Å². The Balaban J connectivity index is 2.95. The minimum absolute atomic E-state index is 0.0581. The number of amides is 1. The molecule has 0 bridgehead atoms. The zero-order valence-corrected chi connectivity index (χ0v) is 15.1. The predicted octanol–water partition coefficient (Wildman–Crippen LogP) is 2.14. The normalized spacial score (nSPS) is 14.3. The summed E-state index contributed by atoms with van der Waals surface area (Å²) in [5.74, 6) is -0.627. The number of hydrogen-bond acceptors (Lipinski definition) is 4. The van der Waals surface area contributed by atoms with E-state index in [1.807, 2.05) is 20.1 Å². The van der Waals surface area contributed by atoms with Crippen LogP contribution < -0.4 is 10.0 Å². The van der Waals surface area contributed by atoms with Gasteiger partial charge >= 0.3 is 0 Å². The molecular weight excluding hydrogens is 339 g/mol. The van der Waals surface area contributed by atoms with Crippen LogP contribution in [0.15, 0.2) is 29.2 Å². The van der Waals surface area contributed by atoms with Gasteiger partial charge in [-0.05, 0) is 43.9 Å². The highest BCUT2D eigenvalue weighted by Gasteiger charge is 2.27. The van der Waals surface area contributed by atoms with Gasteiger partial charge in [-0.25, -0.2) is 12.8 Å². The zero-order chi connectivity index (χ0) is 17.5. The Morgan fingerprint density at radius 1 is 1.35 bits per heavy atom. The number of sulfonamides is 1. The van der Waals surface area contributed by atoms with Crippen molar-refractivity contribution in [2.45, 2.75) is 43.7 Å². The van der Waals surface area contributed by atoms with Crippen LogP contribution in [0.4, 0.5) is 4.39 Å². The Labute approximate surface area is 141 Å². The van der Waals surface area contributed by atoms with Crippen molar-refractivity contribution in [3.05, 3.63) is 30.1 Å². The molecule has 2 atom stereocenters. The highest BCUT2D eigenvalue weighted by Crippen LogP contribution is 2.15. The van der Waals surface area contributed by atoms with Gasteiger partial charge in [-0.1, -0.05) is 19.1 Å². The second-order valence-corrected chi connectivity index (χ2v) is 7.87. The van der Waals surface area contributed by atoms with Crippen LogP contribution in [0.5, 0.6) is 0 Å². The summed E-state index contributed by atoms with van der Waals surface area (Å²) in [6, 6.07) is 4.11. The number of rotatable bonds is 9. The number of nitrogens with one attached hydrogen (secondary N) is 2. The maximum atomic E-state index is 13.7. The van der Waals surface area contributed by atoms with Gasteiger partial charge in [0.15, 0.2) is 0 Å². The lowest BCUT2D eigenvalue weighted by Crippen LogP contribution is -2.49. The first kappa shape index (κ1) is 19.9. The number of thioether (sulfide) groups is 1. The van der Waals surface area contributed by atoms with Crippen LogP contribution in [0.25, 0.3) is 0 Å². The molecule has 5 nitrogen and oxygen atoms in total. The summed E-state index contributed by atoms with van der Waals surface area (Å²) in [7, 11) is -4.10. The molecule has 0 aliphatic carbocycles. The van der Waals surface area contributed by atoms with Gasteiger partial charge in [0.2, 0.25) is 15.9 Å². The molecule has 0 heterocycles. The van der Waals surface area contributed by atoms with Crippen LogP contribution in [0.3, 0.4) is 0 Å². The molecule has 0 aromatic heterocycles. The maximum Gasteiger partial charge on any atom is 0.244 e. The Hall–Kier alpha value is -1.12. The summed E-state index contributed by atoms with van der Waals surface area (Å²) < 4.78 is 40.7. The van der Waals surface area contributed by atoms with E-state index in [1.54, 1.807) is 0 Å². The molecule has 23 heavy (non-hydrogen) atoms. The van der Waals surface area contributed by atoms with Gasteiger partial charge in [-0.2, -0.15) is 16.5 Å². The van der Waals surface area contributed by atoms with Gasteiger partial charge in [0, 0.05) is 6.04 Å². The van der Waals surface area contributed by atoms with E-state index in [-0.39, 0.29) is 6.04 Å². The highest BCUT2D eigenvalue weighted by atomic mass is 32.2. The van der Waals surface area contributed by atoms with Crippen LogP contribution in [0.2, 0.25) is 0 Å². The standard InChI is InChI=1S/C15H23FN2O3S2/c1-4-11(2)17-15(19)13(9-10-22-3)18-23(20,21)14-8-6-5-7-12(14)16/h5-8,11,13,18H,4,9-10H2,1-3H3,(H,17,19)/t11-,13+/m1/s1. The molecule has 0 fully saturated rings. The summed E-state index contributed by atoms with van der Waals surface area (Å²) >= 11 is 1.51. The fourth-order valence-electron chi connectivity index (χ4n) is 1.84. The third kappa shape index (κ3) is 6.12. The Morgan fingerprint density at radius 2 is 2.00 bits per heavy atom. The van der Waals surface area contributed by atoms with E-state index in [2.05, 4.69) is 10.0 Å². The van der Waals surface area contributed by atoms with Crippen molar-refractivity contribution in [2.24, 2.45) is 0 Å². The van der Waals surface area contributed by atoms with Gasteiger partial charge in [-0.3, -0.25) is 4.79 Å². The van der Waals surface area contributed by atoms with E-state index >= 15 is 0 Å². The number of carbonyl (C=O) groups excluding carboxylic acids is 1. The average Bonchev–Trinajstić information content (AvgIpc) is 2.51. The van der Waals surface area contributed by atoms with Gasteiger partial charge in [-0.15, -0.1) is 0 Å². The predicted molar refractivity (Wildman–Crippen MR) is 91.4 cm³/mol. The van der Waals surface area contributed by atoms with Crippen molar-refractivity contribution in [3.63, 3.8) is 0 Å². The van der Waals surface area contributed by atoms with Crippen LogP contribution >= 0.6 is 11.8 Å². The molecule has 0 radical (unpaired) electrons. The van der Waals surface area contributed by atoms with Gasteiger partial charge in [0.25, 0.3) is 0 Å². The second kappa shape index (κ2) is 9.24. The largest absolute Gasteiger partial charge is 0.352 e. The van der Waals surface area contributed by atoms with Crippen molar-refractivity contribution in [3.8, 4) is 0 Å². The fourth-order valence-corrected chi connectivity index (χ4v) is 3.62. The van der Waals surface area contributed by atoms with Crippen LogP contribution in [0, 0.1) is 5.82 Å². The SMILES string of the molecule is CC[C@@H](C)NC(=O)[C@H](CCSC)NS(=O)(=O)c1ccccc1F. The highest BCUT2D eigenvalue weighted by molar-refractivity contribution is 7.98. The summed E-state index contributed by atoms with van der Waals surface area (Å²) in [4.78, 5) is 11.8. The topological polar surface area (TPSA) is 75.3 Å². The number of carbonyl (C=O) groups is 1. The Morgan fingerprint density at radius 3 is 2.57 bits per heavy atom. The van der Waals surface area contributed by atoms with Gasteiger partial charge in [0.1, 0.15) is 16.8 Å². The summed E-state index contributed by atoms with van der Waals surface area (Å²) in [5.41, 5.74) is 0. The van der Waals surface area contributed by atoms with Crippen molar-refractivity contribution >= 4 is 27.7 Å². The first-order valence-electron chi connectivity index (χ1n) is 7.38. The lowest BCUT2D eigenvalue weighted by atomic mass is 10.2. The minimum atomic E-state index is -4.10. The van der Waals surface area contributed by atoms with E-state index in [4.69, 9.17) is 0 Å². The van der Waals surface area contributed by atoms with Gasteiger partial charge in [0.05, 0.1) is 0 Å². The van der Waals surface area contributed by atoms with Crippen LogP contribution in [-0.2, 0) is 14.8 Å². The first-order valence-corrected chi connectivity index (χ1v) is 10.3. The third-order valence-electron chi connectivity index (χ3n) is 3.35. The molecule has 1 aromatic carbocycles. The second-order valence-electron chi connectivity index (χ2n) is 5.20. The van der Waals surface area contributed by atoms with Crippen molar-refractivity contribution in [1.29, 1.82) is 0 Å². The molecule has 8 heteroatoms. The maximum absolute atomic E-state index is 13.7. The van der Waals surface area contributed by atoms with Crippen molar-refractivity contribution in [2.75, 3.05) is 12.0 Å². The fraction of sp³-hybridized carbons (Fsp3) is 0.533. The molecular formula is C15H23FN2O3S2. The van der Waals surface area contributed by atoms with E-state index in [9.17, 15) is 17.6 Å². The van der Waals surface area contributed by atoms with E-state index in [0.29, 0.717) is 12.2 Å². The minimum Gasteiger partial charge on any atom is -0.352 e. The first-order chi connectivity index (χ1) is 10.8. The molecule has 0 spiro atoms. The van der Waals surface area contributed by atoms with E-state index in [0.717, 1.165) is 12.5 Å². The summed E-state index contributed by atoms with van der Waals surface area (Å²) in [6.07, 6.45) is 2.94. The smallest absolute Gasteiger partial charge is 0.244 e. The molecule has 1 amide bonds. The molecule has 1 aromatic rings.